The van der Waals surface area contributed by atoms with Crippen molar-refractivity contribution in [3.63, 3.8) is 0 Å². The van der Waals surface area contributed by atoms with Gasteiger partial charge in [-0.25, -0.2) is 0 Å². The van der Waals surface area contributed by atoms with Crippen LogP contribution in [0.1, 0.15) is 18.4 Å². The minimum atomic E-state index is 0. The van der Waals surface area contributed by atoms with Crippen molar-refractivity contribution in [3.8, 4) is 0 Å². The van der Waals surface area contributed by atoms with Gasteiger partial charge < -0.3 is 10.2 Å². The highest BCUT2D eigenvalue weighted by molar-refractivity contribution is 5.85. The number of fused-ring (bicyclic) bond motifs is 1. The molecule has 0 aliphatic carbocycles. The molecule has 0 saturated carbocycles. The van der Waals surface area contributed by atoms with Gasteiger partial charge in [0.1, 0.15) is 0 Å². The van der Waals surface area contributed by atoms with Gasteiger partial charge in [-0.1, -0.05) is 36.4 Å². The van der Waals surface area contributed by atoms with Crippen molar-refractivity contribution in [1.29, 1.82) is 0 Å². The first-order chi connectivity index (χ1) is 9.74. The molecule has 112 valence electrons. The molecule has 2 aromatic rings. The van der Waals surface area contributed by atoms with Gasteiger partial charge in [0.25, 0.3) is 0 Å². The largest absolute Gasteiger partial charge is 0.340 e. The molecule has 1 N–H and O–H groups in total. The van der Waals surface area contributed by atoms with E-state index < -0.39 is 0 Å². The smallest absolute Gasteiger partial charge is 0.239 e. The Labute approximate surface area is 131 Å². The van der Waals surface area contributed by atoms with Crippen LogP contribution >= 0.6 is 12.4 Å². The van der Waals surface area contributed by atoms with E-state index >= 15 is 0 Å². The number of hydrogen-bond donors (Lipinski definition) is 1. The van der Waals surface area contributed by atoms with Gasteiger partial charge in [0.15, 0.2) is 0 Å². The second-order valence-corrected chi connectivity index (χ2v) is 5.52. The molecule has 1 heterocycles. The highest BCUT2D eigenvalue weighted by atomic mass is 35.5. The van der Waals surface area contributed by atoms with Gasteiger partial charge in [-0.2, -0.15) is 0 Å². The average molecular weight is 305 g/mol. The van der Waals surface area contributed by atoms with Crippen molar-refractivity contribution < 1.29 is 4.79 Å². The highest BCUT2D eigenvalue weighted by Crippen LogP contribution is 2.17. The number of nitrogens with one attached hydrogen (secondary N) is 1. The number of likely N-dealkylation sites (N-methyl/N-ethyl adjacent to an activating group) is 1. The first-order valence-corrected chi connectivity index (χ1v) is 7.20. The average Bonchev–Trinajstić information content (AvgIpc) is 3.00. The fourth-order valence-electron chi connectivity index (χ4n) is 2.85. The quantitative estimate of drug-likeness (QED) is 0.945. The van der Waals surface area contributed by atoms with Crippen molar-refractivity contribution >= 4 is 29.1 Å². The molecular formula is C17H21ClN2O. The molecule has 0 radical (unpaired) electrons. The summed E-state index contributed by atoms with van der Waals surface area (Å²) >= 11 is 0. The Kier molecular flexibility index (Phi) is 5.21. The summed E-state index contributed by atoms with van der Waals surface area (Å²) in [5.74, 6) is 0.204. The molecule has 0 aromatic heterocycles. The van der Waals surface area contributed by atoms with Crippen LogP contribution in [0.2, 0.25) is 0 Å². The number of halogens is 1. The first kappa shape index (κ1) is 15.8. The third-order valence-electron chi connectivity index (χ3n) is 3.97. The number of rotatable bonds is 3. The molecule has 1 aliphatic rings. The number of benzene rings is 2. The standard InChI is InChI=1S/C17H20N2O.ClH/c1-19(17(20)16-7-4-10-18-16)12-13-8-9-14-5-2-3-6-15(14)11-13;/h2-3,5-6,8-9,11,16,18H,4,7,10,12H2,1H3;1H/t16-;/m0./s1. The molecule has 1 fully saturated rings. The Morgan fingerprint density at radius 2 is 2.00 bits per heavy atom. The van der Waals surface area contributed by atoms with Crippen LogP contribution in [-0.4, -0.2) is 30.4 Å². The molecule has 1 saturated heterocycles. The van der Waals surface area contributed by atoms with Crippen molar-refractivity contribution in [2.75, 3.05) is 13.6 Å². The number of carbonyl (C=O) groups is 1. The predicted molar refractivity (Wildman–Crippen MR) is 88.7 cm³/mol. The molecule has 0 unspecified atom stereocenters. The van der Waals surface area contributed by atoms with Crippen molar-refractivity contribution in [2.24, 2.45) is 0 Å². The van der Waals surface area contributed by atoms with E-state index in [1.165, 1.54) is 16.3 Å². The zero-order chi connectivity index (χ0) is 13.9. The van der Waals surface area contributed by atoms with Gasteiger partial charge in [-0.15, -0.1) is 12.4 Å². The molecule has 2 aromatic carbocycles. The summed E-state index contributed by atoms with van der Waals surface area (Å²) in [6, 6.07) is 14.7. The summed E-state index contributed by atoms with van der Waals surface area (Å²) < 4.78 is 0. The van der Waals surface area contributed by atoms with E-state index in [0.29, 0.717) is 6.54 Å². The Morgan fingerprint density at radius 3 is 2.71 bits per heavy atom. The zero-order valence-electron chi connectivity index (χ0n) is 12.2. The van der Waals surface area contributed by atoms with Gasteiger partial charge in [0, 0.05) is 13.6 Å². The number of carbonyl (C=O) groups excluding carboxylic acids is 1. The third kappa shape index (κ3) is 3.55. The molecule has 0 spiro atoms. The maximum Gasteiger partial charge on any atom is 0.239 e. The second kappa shape index (κ2) is 6.92. The summed E-state index contributed by atoms with van der Waals surface area (Å²) in [7, 11) is 1.89. The van der Waals surface area contributed by atoms with Gasteiger partial charge >= 0.3 is 0 Å². The Hall–Kier alpha value is -1.58. The van der Waals surface area contributed by atoms with Crippen LogP contribution in [-0.2, 0) is 11.3 Å². The molecule has 1 aliphatic heterocycles. The topological polar surface area (TPSA) is 32.3 Å². The van der Waals surface area contributed by atoms with E-state index in [1.54, 1.807) is 0 Å². The molecular weight excluding hydrogens is 284 g/mol. The summed E-state index contributed by atoms with van der Waals surface area (Å²) in [6.07, 6.45) is 2.06. The van der Waals surface area contributed by atoms with Crippen LogP contribution in [0, 0.1) is 0 Å². The lowest BCUT2D eigenvalue weighted by molar-refractivity contribution is -0.132. The molecule has 3 rings (SSSR count). The van der Waals surface area contributed by atoms with Gasteiger partial charge in [0.2, 0.25) is 5.91 Å². The third-order valence-corrected chi connectivity index (χ3v) is 3.97. The molecule has 0 bridgehead atoms. The van der Waals surface area contributed by atoms with Crippen LogP contribution < -0.4 is 5.32 Å². The lowest BCUT2D eigenvalue weighted by Gasteiger charge is -2.21. The predicted octanol–water partition coefficient (Wildman–Crippen LogP) is 2.97. The van der Waals surface area contributed by atoms with Crippen LogP contribution in [0.5, 0.6) is 0 Å². The van der Waals surface area contributed by atoms with E-state index in [-0.39, 0.29) is 24.4 Å². The van der Waals surface area contributed by atoms with Crippen LogP contribution in [0.15, 0.2) is 42.5 Å². The first-order valence-electron chi connectivity index (χ1n) is 7.20. The maximum atomic E-state index is 12.3. The van der Waals surface area contributed by atoms with Crippen molar-refractivity contribution in [1.82, 2.24) is 10.2 Å². The van der Waals surface area contributed by atoms with Crippen LogP contribution in [0.25, 0.3) is 10.8 Å². The van der Waals surface area contributed by atoms with Gasteiger partial charge in [-0.05, 0) is 41.8 Å². The summed E-state index contributed by atoms with van der Waals surface area (Å²) in [4.78, 5) is 14.1. The fraction of sp³-hybridized carbons (Fsp3) is 0.353. The maximum absolute atomic E-state index is 12.3. The number of nitrogens with zero attached hydrogens (tertiary/aromatic N) is 1. The van der Waals surface area contributed by atoms with Crippen LogP contribution in [0.3, 0.4) is 0 Å². The van der Waals surface area contributed by atoms with E-state index in [9.17, 15) is 4.79 Å². The summed E-state index contributed by atoms with van der Waals surface area (Å²) in [5, 5.41) is 5.73. The second-order valence-electron chi connectivity index (χ2n) is 5.52. The Balaban J connectivity index is 0.00000161. The Bertz CT molecular complexity index is 623. The fourth-order valence-corrected chi connectivity index (χ4v) is 2.85. The minimum absolute atomic E-state index is 0. The zero-order valence-corrected chi connectivity index (χ0v) is 13.0. The lowest BCUT2D eigenvalue weighted by atomic mass is 10.1. The van der Waals surface area contributed by atoms with Crippen LogP contribution in [0.4, 0.5) is 0 Å². The Morgan fingerprint density at radius 1 is 1.24 bits per heavy atom. The molecule has 3 nitrogen and oxygen atoms in total. The minimum Gasteiger partial charge on any atom is -0.340 e. The SMILES string of the molecule is CN(Cc1ccc2ccccc2c1)C(=O)[C@@H]1CCCN1.Cl. The normalized spacial score (nSPS) is 17.5. The lowest BCUT2D eigenvalue weighted by Crippen LogP contribution is -2.41. The van der Waals surface area contributed by atoms with Gasteiger partial charge in [-0.3, -0.25) is 4.79 Å². The van der Waals surface area contributed by atoms with E-state index in [2.05, 4.69) is 35.6 Å². The number of hydrogen-bond acceptors (Lipinski definition) is 2. The highest BCUT2D eigenvalue weighted by Gasteiger charge is 2.24. The van der Waals surface area contributed by atoms with Crippen molar-refractivity contribution in [3.05, 3.63) is 48.0 Å². The molecule has 4 heteroatoms. The monoisotopic (exact) mass is 304 g/mol. The summed E-state index contributed by atoms with van der Waals surface area (Å²) in [6.45, 7) is 1.63. The molecule has 1 amide bonds. The molecule has 21 heavy (non-hydrogen) atoms. The van der Waals surface area contributed by atoms with E-state index in [0.717, 1.165) is 19.4 Å². The number of amides is 1. The van der Waals surface area contributed by atoms with Gasteiger partial charge in [0.05, 0.1) is 6.04 Å². The van der Waals surface area contributed by atoms with Crippen molar-refractivity contribution in [2.45, 2.75) is 25.4 Å². The van der Waals surface area contributed by atoms with E-state index in [1.807, 2.05) is 24.1 Å². The molecule has 1 atom stereocenters. The van der Waals surface area contributed by atoms with E-state index in [4.69, 9.17) is 0 Å². The summed E-state index contributed by atoms with van der Waals surface area (Å²) in [5.41, 5.74) is 1.18.